The second-order valence-electron chi connectivity index (χ2n) is 5.28. The Kier molecular flexibility index (Phi) is 5.46. The van der Waals surface area contributed by atoms with Gasteiger partial charge in [-0.25, -0.2) is 8.78 Å². The molecule has 0 saturated heterocycles. The summed E-state index contributed by atoms with van der Waals surface area (Å²) in [5.41, 5.74) is -0.444. The number of hydrogen-bond donors (Lipinski definition) is 0. The first-order valence-corrected chi connectivity index (χ1v) is 7.62. The van der Waals surface area contributed by atoms with E-state index in [-0.39, 0.29) is 28.8 Å². The molecular weight excluding hydrogens is 328 g/mol. The van der Waals surface area contributed by atoms with Gasteiger partial charge < -0.3 is 4.74 Å². The normalized spacial score (nSPS) is 15.7. The van der Waals surface area contributed by atoms with Crippen molar-refractivity contribution in [2.45, 2.75) is 32.7 Å². The number of benzene rings is 1. The molecule has 4 nitrogen and oxygen atoms in total. The molecule has 1 aliphatic rings. The largest absolute Gasteiger partial charge is 0.465 e. The van der Waals surface area contributed by atoms with E-state index < -0.39 is 29.3 Å². The van der Waals surface area contributed by atoms with Crippen molar-refractivity contribution in [1.29, 1.82) is 0 Å². The maximum atomic E-state index is 13.6. The van der Waals surface area contributed by atoms with E-state index in [0.717, 1.165) is 12.8 Å². The summed E-state index contributed by atoms with van der Waals surface area (Å²) in [6, 6.07) is 0.798. The zero-order chi connectivity index (χ0) is 17.1. The van der Waals surface area contributed by atoms with Gasteiger partial charge in [0.15, 0.2) is 23.3 Å². The molecule has 0 amide bonds. The van der Waals surface area contributed by atoms with Crippen molar-refractivity contribution >= 4 is 29.6 Å². The number of esters is 1. The fourth-order valence-electron chi connectivity index (χ4n) is 1.98. The fourth-order valence-corrected chi connectivity index (χ4v) is 2.21. The van der Waals surface area contributed by atoms with Crippen LogP contribution in [0.5, 0.6) is 0 Å². The highest BCUT2D eigenvalue weighted by Gasteiger charge is 2.31. The van der Waals surface area contributed by atoms with Crippen LogP contribution in [0.15, 0.2) is 11.1 Å². The summed E-state index contributed by atoms with van der Waals surface area (Å²) in [4.78, 5) is 28.7. The lowest BCUT2D eigenvalue weighted by atomic mass is 9.96. The van der Waals surface area contributed by atoms with Gasteiger partial charge in [0.2, 0.25) is 0 Å². The van der Waals surface area contributed by atoms with Gasteiger partial charge in [0.1, 0.15) is 0 Å². The zero-order valence-electron chi connectivity index (χ0n) is 12.7. The van der Waals surface area contributed by atoms with Crippen LogP contribution < -0.4 is 0 Å². The highest BCUT2D eigenvalue weighted by Crippen LogP contribution is 2.28. The van der Waals surface area contributed by atoms with Crippen molar-refractivity contribution in [3.05, 3.63) is 33.9 Å². The van der Waals surface area contributed by atoms with Gasteiger partial charge in [-0.15, -0.1) is 0 Å². The Hall–Kier alpha value is -1.82. The Balaban J connectivity index is 2.38. The van der Waals surface area contributed by atoms with Gasteiger partial charge in [0.25, 0.3) is 0 Å². The molecule has 0 heterocycles. The van der Waals surface area contributed by atoms with Crippen molar-refractivity contribution in [3.63, 3.8) is 0 Å². The number of ether oxygens (including phenoxy) is 1. The van der Waals surface area contributed by atoms with E-state index >= 15 is 0 Å². The summed E-state index contributed by atoms with van der Waals surface area (Å²) >= 11 is 5.94. The lowest BCUT2D eigenvalue weighted by Crippen LogP contribution is -2.28. The van der Waals surface area contributed by atoms with Gasteiger partial charge in [0.05, 0.1) is 11.6 Å². The van der Waals surface area contributed by atoms with E-state index in [1.807, 2.05) is 0 Å². The van der Waals surface area contributed by atoms with Crippen molar-refractivity contribution in [2.24, 2.45) is 10.9 Å². The van der Waals surface area contributed by atoms with E-state index in [2.05, 4.69) is 4.99 Å². The summed E-state index contributed by atoms with van der Waals surface area (Å²) < 4.78 is 31.9. The molecule has 0 N–H and O–H groups in total. The minimum absolute atomic E-state index is 0.0877. The SMILES string of the molecule is CCOC(=O)C(C=NC1CC1)C(=O)c1cc(F)c(F)c(C)c1Cl. The maximum Gasteiger partial charge on any atom is 0.322 e. The minimum Gasteiger partial charge on any atom is -0.465 e. The lowest BCUT2D eigenvalue weighted by Gasteiger charge is -2.13. The second-order valence-corrected chi connectivity index (χ2v) is 5.66. The Morgan fingerprint density at radius 3 is 2.70 bits per heavy atom. The number of aliphatic imine (C=N–C) groups is 1. The predicted octanol–water partition coefficient (Wildman–Crippen LogP) is 3.52. The number of rotatable bonds is 6. The van der Waals surface area contributed by atoms with E-state index in [1.54, 1.807) is 6.92 Å². The molecule has 1 aliphatic carbocycles. The first kappa shape index (κ1) is 17.5. The van der Waals surface area contributed by atoms with Crippen LogP contribution in [0.3, 0.4) is 0 Å². The Labute approximate surface area is 137 Å². The Morgan fingerprint density at radius 1 is 1.48 bits per heavy atom. The molecule has 1 aromatic carbocycles. The molecule has 23 heavy (non-hydrogen) atoms. The smallest absolute Gasteiger partial charge is 0.322 e. The van der Waals surface area contributed by atoms with E-state index in [4.69, 9.17) is 16.3 Å². The van der Waals surface area contributed by atoms with Crippen LogP contribution in [0.1, 0.15) is 35.7 Å². The average Bonchev–Trinajstić information content (AvgIpc) is 3.33. The zero-order valence-corrected chi connectivity index (χ0v) is 13.5. The number of carbonyl (C=O) groups is 2. The van der Waals surface area contributed by atoms with Crippen molar-refractivity contribution < 1.29 is 23.1 Å². The molecule has 0 aromatic heterocycles. The van der Waals surface area contributed by atoms with Crippen LogP contribution in [0, 0.1) is 24.5 Å². The number of hydrogen-bond acceptors (Lipinski definition) is 4. The topological polar surface area (TPSA) is 55.7 Å². The first-order chi connectivity index (χ1) is 10.9. The molecule has 2 rings (SSSR count). The molecule has 0 spiro atoms. The molecule has 0 bridgehead atoms. The molecule has 1 aromatic rings. The Morgan fingerprint density at radius 2 is 2.13 bits per heavy atom. The monoisotopic (exact) mass is 343 g/mol. The van der Waals surface area contributed by atoms with Gasteiger partial charge in [-0.2, -0.15) is 0 Å². The van der Waals surface area contributed by atoms with Crippen molar-refractivity contribution in [2.75, 3.05) is 6.61 Å². The van der Waals surface area contributed by atoms with Crippen LogP contribution in [0.25, 0.3) is 0 Å². The predicted molar refractivity (Wildman–Crippen MR) is 82.1 cm³/mol. The average molecular weight is 344 g/mol. The molecule has 1 fully saturated rings. The van der Waals surface area contributed by atoms with Gasteiger partial charge in [-0.1, -0.05) is 11.6 Å². The Bertz CT molecular complexity index is 672. The lowest BCUT2D eigenvalue weighted by molar-refractivity contribution is -0.143. The summed E-state index contributed by atoms with van der Waals surface area (Å²) in [6.45, 7) is 2.95. The summed E-state index contributed by atoms with van der Waals surface area (Å²) in [5, 5.41) is -0.219. The molecule has 1 unspecified atom stereocenters. The third-order valence-corrected chi connectivity index (χ3v) is 3.94. The number of ketones is 1. The van der Waals surface area contributed by atoms with Crippen LogP contribution in [0.2, 0.25) is 5.02 Å². The molecule has 124 valence electrons. The van der Waals surface area contributed by atoms with E-state index in [1.165, 1.54) is 13.1 Å². The number of nitrogens with zero attached hydrogens (tertiary/aromatic N) is 1. The molecule has 7 heteroatoms. The molecule has 0 aliphatic heterocycles. The van der Waals surface area contributed by atoms with Crippen LogP contribution >= 0.6 is 11.6 Å². The first-order valence-electron chi connectivity index (χ1n) is 7.25. The van der Waals surface area contributed by atoms with Gasteiger partial charge >= 0.3 is 5.97 Å². The molecule has 0 radical (unpaired) electrons. The van der Waals surface area contributed by atoms with Crippen molar-refractivity contribution in [3.8, 4) is 0 Å². The second kappa shape index (κ2) is 7.17. The highest BCUT2D eigenvalue weighted by molar-refractivity contribution is 6.36. The van der Waals surface area contributed by atoms with Crippen molar-refractivity contribution in [1.82, 2.24) is 0 Å². The van der Waals surface area contributed by atoms with Gasteiger partial charge in [-0.05, 0) is 32.8 Å². The van der Waals surface area contributed by atoms with E-state index in [0.29, 0.717) is 6.07 Å². The van der Waals surface area contributed by atoms with Crippen LogP contribution in [-0.4, -0.2) is 30.6 Å². The maximum absolute atomic E-state index is 13.6. The highest BCUT2D eigenvalue weighted by atomic mass is 35.5. The third-order valence-electron chi connectivity index (χ3n) is 3.46. The third kappa shape index (κ3) is 3.93. The molecule has 1 atom stereocenters. The summed E-state index contributed by atoms with van der Waals surface area (Å²) in [6.07, 6.45) is 3.00. The summed E-state index contributed by atoms with van der Waals surface area (Å²) in [7, 11) is 0. The fraction of sp³-hybridized carbons (Fsp3) is 0.438. The van der Waals surface area contributed by atoms with E-state index in [9.17, 15) is 18.4 Å². The summed E-state index contributed by atoms with van der Waals surface area (Å²) in [5.74, 6) is -5.19. The van der Waals surface area contributed by atoms with Gasteiger partial charge in [-0.3, -0.25) is 14.6 Å². The molecular formula is C16H16ClF2NO3. The number of halogens is 3. The molecule has 1 saturated carbocycles. The van der Waals surface area contributed by atoms with Crippen LogP contribution in [-0.2, 0) is 9.53 Å². The number of carbonyl (C=O) groups excluding carboxylic acids is 2. The minimum atomic E-state index is -1.32. The standard InChI is InChI=1S/C16H16ClF2NO3/c1-3-23-16(22)11(7-20-9-4-5-9)15(21)10-6-12(18)14(19)8(2)13(10)17/h6-7,9,11H,3-5H2,1-2H3. The quantitative estimate of drug-likeness (QED) is 0.261. The van der Waals surface area contributed by atoms with Gasteiger partial charge in [0, 0.05) is 23.4 Å². The number of Topliss-reactive ketones (excluding diaryl/α,β-unsaturated/α-hetero) is 1. The van der Waals surface area contributed by atoms with Crippen LogP contribution in [0.4, 0.5) is 8.78 Å².